The number of hydrogen-bond acceptors (Lipinski definition) is 3. The van der Waals surface area contributed by atoms with Crippen LogP contribution in [0.4, 0.5) is 0 Å². The number of H-pyrrole nitrogens is 1. The summed E-state index contributed by atoms with van der Waals surface area (Å²) in [7, 11) is 0. The summed E-state index contributed by atoms with van der Waals surface area (Å²) in [5, 5.41) is 1.02. The van der Waals surface area contributed by atoms with E-state index in [2.05, 4.69) is 20.9 Å². The fourth-order valence-corrected chi connectivity index (χ4v) is 2.37. The average molecular weight is 311 g/mol. The third kappa shape index (κ3) is 2.42. The lowest BCUT2D eigenvalue weighted by atomic mass is 10.1. The fraction of sp³-hybridized carbons (Fsp3) is 0.308. The van der Waals surface area contributed by atoms with Gasteiger partial charge in [0.15, 0.2) is 0 Å². The number of carbonyl (C=O) groups excluding carboxylic acids is 1. The first-order valence-electron chi connectivity index (χ1n) is 5.84. The van der Waals surface area contributed by atoms with Crippen molar-refractivity contribution in [2.75, 3.05) is 13.2 Å². The highest BCUT2D eigenvalue weighted by Gasteiger charge is 2.18. The summed E-state index contributed by atoms with van der Waals surface area (Å²) in [6, 6.07) is 5.87. The number of benzene rings is 1. The first-order chi connectivity index (χ1) is 8.67. The molecule has 2 aromatic rings. The number of fused-ring (bicyclic) bond motifs is 1. The maximum Gasteiger partial charge on any atom is 0.355 e. The topological polar surface area (TPSA) is 68.1 Å². The molecule has 0 unspecified atom stereocenters. The summed E-state index contributed by atoms with van der Waals surface area (Å²) in [6.07, 6.45) is 0.649. The van der Waals surface area contributed by atoms with Crippen molar-refractivity contribution in [3.63, 3.8) is 0 Å². The van der Waals surface area contributed by atoms with E-state index in [9.17, 15) is 4.79 Å². The van der Waals surface area contributed by atoms with Crippen molar-refractivity contribution in [1.82, 2.24) is 4.98 Å². The average Bonchev–Trinajstić information content (AvgIpc) is 2.68. The summed E-state index contributed by atoms with van der Waals surface area (Å²) < 4.78 is 6.02. The van der Waals surface area contributed by atoms with Gasteiger partial charge < -0.3 is 15.5 Å². The van der Waals surface area contributed by atoms with Gasteiger partial charge in [-0.3, -0.25) is 0 Å². The fourth-order valence-electron chi connectivity index (χ4n) is 2.01. The molecule has 1 aromatic heterocycles. The van der Waals surface area contributed by atoms with Gasteiger partial charge in [0.2, 0.25) is 0 Å². The second-order valence-corrected chi connectivity index (χ2v) is 4.84. The lowest BCUT2D eigenvalue weighted by Crippen LogP contribution is -2.10. The predicted molar refractivity (Wildman–Crippen MR) is 74.7 cm³/mol. The second kappa shape index (κ2) is 5.54. The summed E-state index contributed by atoms with van der Waals surface area (Å²) in [5.74, 6) is -0.326. The summed E-state index contributed by atoms with van der Waals surface area (Å²) >= 11 is 3.41. The van der Waals surface area contributed by atoms with Crippen molar-refractivity contribution in [2.24, 2.45) is 5.73 Å². The molecule has 1 heterocycles. The molecule has 0 aliphatic carbocycles. The quantitative estimate of drug-likeness (QED) is 0.853. The number of rotatable bonds is 4. The molecule has 0 radical (unpaired) electrons. The SMILES string of the molecule is CCOC(=O)c1[nH]c2cc(Br)ccc2c1CCN. The molecule has 0 spiro atoms. The van der Waals surface area contributed by atoms with Crippen LogP contribution in [0.5, 0.6) is 0 Å². The summed E-state index contributed by atoms with van der Waals surface area (Å²) in [4.78, 5) is 15.0. The van der Waals surface area contributed by atoms with E-state index >= 15 is 0 Å². The Hall–Kier alpha value is -1.33. The number of esters is 1. The molecule has 0 aliphatic rings. The van der Waals surface area contributed by atoms with Gasteiger partial charge in [0.1, 0.15) is 5.69 Å². The van der Waals surface area contributed by atoms with Gasteiger partial charge in [-0.1, -0.05) is 22.0 Å². The highest BCUT2D eigenvalue weighted by atomic mass is 79.9. The molecule has 0 saturated carbocycles. The molecule has 96 valence electrons. The first-order valence-corrected chi connectivity index (χ1v) is 6.64. The Labute approximate surface area is 114 Å². The molecule has 5 heteroatoms. The number of aromatic nitrogens is 1. The number of aromatic amines is 1. The minimum atomic E-state index is -0.326. The van der Waals surface area contributed by atoms with Gasteiger partial charge in [-0.25, -0.2) is 4.79 Å². The van der Waals surface area contributed by atoms with E-state index in [1.807, 2.05) is 18.2 Å². The van der Waals surface area contributed by atoms with E-state index in [-0.39, 0.29) is 5.97 Å². The zero-order valence-electron chi connectivity index (χ0n) is 10.1. The van der Waals surface area contributed by atoms with Crippen LogP contribution < -0.4 is 5.73 Å². The zero-order valence-corrected chi connectivity index (χ0v) is 11.7. The Morgan fingerprint density at radius 1 is 1.50 bits per heavy atom. The largest absolute Gasteiger partial charge is 0.461 e. The van der Waals surface area contributed by atoms with Crippen molar-refractivity contribution < 1.29 is 9.53 Å². The molecule has 0 saturated heterocycles. The molecule has 2 rings (SSSR count). The van der Waals surface area contributed by atoms with Gasteiger partial charge in [0.25, 0.3) is 0 Å². The summed E-state index contributed by atoms with van der Waals surface area (Å²) in [6.45, 7) is 2.65. The standard InChI is InChI=1S/C13H15BrN2O2/c1-2-18-13(17)12-10(5-6-15)9-4-3-8(14)7-11(9)16-12/h3-4,7,16H,2,5-6,15H2,1H3. The number of nitrogens with two attached hydrogens (primary N) is 1. The molecule has 0 aliphatic heterocycles. The molecular weight excluding hydrogens is 296 g/mol. The van der Waals surface area contributed by atoms with E-state index < -0.39 is 0 Å². The number of hydrogen-bond donors (Lipinski definition) is 2. The normalized spacial score (nSPS) is 10.8. The maximum absolute atomic E-state index is 11.9. The van der Waals surface area contributed by atoms with Crippen LogP contribution in [0, 0.1) is 0 Å². The molecule has 0 fully saturated rings. The monoisotopic (exact) mass is 310 g/mol. The van der Waals surface area contributed by atoms with Crippen molar-refractivity contribution in [3.8, 4) is 0 Å². The van der Waals surface area contributed by atoms with Gasteiger partial charge in [-0.15, -0.1) is 0 Å². The van der Waals surface area contributed by atoms with Gasteiger partial charge in [-0.2, -0.15) is 0 Å². The van der Waals surface area contributed by atoms with Crippen LogP contribution in [0.15, 0.2) is 22.7 Å². The zero-order chi connectivity index (χ0) is 13.1. The van der Waals surface area contributed by atoms with Crippen LogP contribution in [-0.2, 0) is 11.2 Å². The van der Waals surface area contributed by atoms with Crippen LogP contribution >= 0.6 is 15.9 Å². The van der Waals surface area contributed by atoms with E-state index in [0.717, 1.165) is 20.9 Å². The molecule has 0 atom stereocenters. The van der Waals surface area contributed by atoms with Crippen molar-refractivity contribution in [3.05, 3.63) is 33.9 Å². The van der Waals surface area contributed by atoms with Crippen molar-refractivity contribution in [1.29, 1.82) is 0 Å². The Morgan fingerprint density at radius 2 is 2.28 bits per heavy atom. The minimum absolute atomic E-state index is 0.326. The van der Waals surface area contributed by atoms with Gasteiger partial charge in [-0.05, 0) is 37.6 Å². The highest BCUT2D eigenvalue weighted by molar-refractivity contribution is 9.10. The van der Waals surface area contributed by atoms with Crippen molar-refractivity contribution >= 4 is 32.8 Å². The first kappa shape index (κ1) is 13.1. The Balaban J connectivity index is 2.56. The van der Waals surface area contributed by atoms with Crippen LogP contribution in [0.1, 0.15) is 23.0 Å². The molecule has 1 aromatic carbocycles. The molecule has 18 heavy (non-hydrogen) atoms. The van der Waals surface area contributed by atoms with E-state index in [4.69, 9.17) is 10.5 Å². The number of halogens is 1. The third-order valence-electron chi connectivity index (χ3n) is 2.74. The van der Waals surface area contributed by atoms with Crippen LogP contribution in [0.25, 0.3) is 10.9 Å². The highest BCUT2D eigenvalue weighted by Crippen LogP contribution is 2.26. The number of nitrogens with one attached hydrogen (secondary N) is 1. The number of ether oxygens (including phenoxy) is 1. The van der Waals surface area contributed by atoms with Gasteiger partial charge >= 0.3 is 5.97 Å². The van der Waals surface area contributed by atoms with Crippen LogP contribution in [0.3, 0.4) is 0 Å². The molecule has 0 bridgehead atoms. The second-order valence-electron chi connectivity index (χ2n) is 3.93. The third-order valence-corrected chi connectivity index (χ3v) is 3.24. The minimum Gasteiger partial charge on any atom is -0.461 e. The Morgan fingerprint density at radius 3 is 2.94 bits per heavy atom. The lowest BCUT2D eigenvalue weighted by molar-refractivity contribution is 0.0519. The van der Waals surface area contributed by atoms with E-state index in [1.54, 1.807) is 6.92 Å². The lowest BCUT2D eigenvalue weighted by Gasteiger charge is -2.02. The van der Waals surface area contributed by atoms with E-state index in [0.29, 0.717) is 25.3 Å². The van der Waals surface area contributed by atoms with Crippen LogP contribution in [-0.4, -0.2) is 24.1 Å². The predicted octanol–water partition coefficient (Wildman–Crippen LogP) is 2.61. The Kier molecular flexibility index (Phi) is 4.04. The van der Waals surface area contributed by atoms with Crippen molar-refractivity contribution in [2.45, 2.75) is 13.3 Å². The molecule has 4 nitrogen and oxygen atoms in total. The molecule has 3 N–H and O–H groups in total. The van der Waals surface area contributed by atoms with Gasteiger partial charge in [0.05, 0.1) is 6.61 Å². The van der Waals surface area contributed by atoms with E-state index in [1.165, 1.54) is 0 Å². The number of carbonyl (C=O) groups is 1. The molecular formula is C13H15BrN2O2. The maximum atomic E-state index is 11.9. The smallest absolute Gasteiger partial charge is 0.355 e. The Bertz CT molecular complexity index is 578. The van der Waals surface area contributed by atoms with Gasteiger partial charge in [0, 0.05) is 15.4 Å². The summed E-state index contributed by atoms with van der Waals surface area (Å²) in [5.41, 5.74) is 7.96. The van der Waals surface area contributed by atoms with Crippen LogP contribution in [0.2, 0.25) is 0 Å². The molecule has 0 amide bonds.